The third kappa shape index (κ3) is 3.77. The van der Waals surface area contributed by atoms with Crippen LogP contribution in [0.4, 0.5) is 0 Å². The summed E-state index contributed by atoms with van der Waals surface area (Å²) in [6.07, 6.45) is 0.850. The molecule has 5 nitrogen and oxygen atoms in total. The second-order valence-corrected chi connectivity index (χ2v) is 7.04. The molecule has 2 N–H and O–H groups in total. The van der Waals surface area contributed by atoms with Crippen molar-refractivity contribution in [2.75, 3.05) is 0 Å². The number of hydrogen-bond donors (Lipinski definition) is 2. The van der Waals surface area contributed by atoms with E-state index in [0.29, 0.717) is 10.9 Å². The van der Waals surface area contributed by atoms with Gasteiger partial charge in [-0.25, -0.2) is 8.42 Å². The van der Waals surface area contributed by atoms with Gasteiger partial charge >= 0.3 is 5.97 Å². The van der Waals surface area contributed by atoms with Gasteiger partial charge in [-0.05, 0) is 33.8 Å². The smallest absolute Gasteiger partial charge is 0.321 e. The summed E-state index contributed by atoms with van der Waals surface area (Å²) in [4.78, 5) is 10.9. The van der Waals surface area contributed by atoms with Crippen molar-refractivity contribution in [2.45, 2.75) is 30.0 Å². The largest absolute Gasteiger partial charge is 0.480 e. The molecule has 0 spiro atoms. The maximum atomic E-state index is 11.9. The average Bonchev–Trinajstić information content (AvgIpc) is 2.64. The summed E-state index contributed by atoms with van der Waals surface area (Å²) >= 11 is 4.15. The van der Waals surface area contributed by atoms with Gasteiger partial charge in [0.25, 0.3) is 10.0 Å². The van der Waals surface area contributed by atoms with E-state index >= 15 is 0 Å². The van der Waals surface area contributed by atoms with E-state index in [2.05, 4.69) is 20.7 Å². The standard InChI is InChI=1S/C9H12BrNO4S2/c1-2-3-7(8(12)13)11-17(14,15)9-6(10)4-5-16-9/h4-5,7,11H,2-3H2,1H3,(H,12,13). The van der Waals surface area contributed by atoms with Crippen LogP contribution in [0.2, 0.25) is 0 Å². The molecule has 1 heterocycles. The number of carbonyl (C=O) groups is 1. The average molecular weight is 342 g/mol. The van der Waals surface area contributed by atoms with E-state index < -0.39 is 22.0 Å². The Labute approximate surface area is 112 Å². The topological polar surface area (TPSA) is 83.5 Å². The zero-order chi connectivity index (χ0) is 13.1. The van der Waals surface area contributed by atoms with Crippen molar-refractivity contribution in [1.82, 2.24) is 4.72 Å². The summed E-state index contributed by atoms with van der Waals surface area (Å²) in [6.45, 7) is 1.80. The monoisotopic (exact) mass is 341 g/mol. The van der Waals surface area contributed by atoms with Crippen LogP contribution in [-0.2, 0) is 14.8 Å². The number of hydrogen-bond acceptors (Lipinski definition) is 4. The van der Waals surface area contributed by atoms with E-state index in [4.69, 9.17) is 5.11 Å². The minimum atomic E-state index is -3.77. The molecular formula is C9H12BrNO4S2. The molecule has 96 valence electrons. The molecule has 0 radical (unpaired) electrons. The second kappa shape index (κ2) is 5.94. The van der Waals surface area contributed by atoms with Crippen molar-refractivity contribution in [1.29, 1.82) is 0 Å². The Balaban J connectivity index is 2.93. The molecule has 0 fully saturated rings. The minimum Gasteiger partial charge on any atom is -0.480 e. The van der Waals surface area contributed by atoms with E-state index in [1.165, 1.54) is 0 Å². The maximum Gasteiger partial charge on any atom is 0.321 e. The highest BCUT2D eigenvalue weighted by molar-refractivity contribution is 9.10. The van der Waals surface area contributed by atoms with E-state index in [1.807, 2.05) is 0 Å². The highest BCUT2D eigenvalue weighted by Gasteiger charge is 2.26. The van der Waals surface area contributed by atoms with Crippen molar-refractivity contribution in [3.63, 3.8) is 0 Å². The SMILES string of the molecule is CCCC(NS(=O)(=O)c1sccc1Br)C(=O)O. The molecule has 1 rings (SSSR count). The molecule has 0 saturated heterocycles. The summed E-state index contributed by atoms with van der Waals surface area (Å²) < 4.78 is 26.5. The fourth-order valence-electron chi connectivity index (χ4n) is 1.23. The molecule has 17 heavy (non-hydrogen) atoms. The first-order valence-electron chi connectivity index (χ1n) is 4.86. The predicted octanol–water partition coefficient (Wildman–Crippen LogP) is 2.04. The summed E-state index contributed by atoms with van der Waals surface area (Å²) in [7, 11) is -3.77. The molecule has 0 saturated carbocycles. The van der Waals surface area contributed by atoms with Crippen molar-refractivity contribution in [2.24, 2.45) is 0 Å². The first-order valence-corrected chi connectivity index (χ1v) is 8.02. The van der Waals surface area contributed by atoms with Crippen LogP contribution in [0.3, 0.4) is 0 Å². The number of nitrogens with one attached hydrogen (secondary N) is 1. The van der Waals surface area contributed by atoms with Crippen LogP contribution < -0.4 is 4.72 Å². The summed E-state index contributed by atoms with van der Waals surface area (Å²) in [5.41, 5.74) is 0. The molecule has 1 aromatic rings. The van der Waals surface area contributed by atoms with Crippen LogP contribution in [0.25, 0.3) is 0 Å². The Morgan fingerprint density at radius 3 is 2.71 bits per heavy atom. The van der Waals surface area contributed by atoms with Gasteiger partial charge in [0.05, 0.1) is 0 Å². The number of thiophene rings is 1. The van der Waals surface area contributed by atoms with E-state index in [1.54, 1.807) is 18.4 Å². The molecule has 8 heteroatoms. The molecule has 0 aliphatic carbocycles. The quantitative estimate of drug-likeness (QED) is 0.829. The highest BCUT2D eigenvalue weighted by Crippen LogP contribution is 2.27. The minimum absolute atomic E-state index is 0.0971. The lowest BCUT2D eigenvalue weighted by Crippen LogP contribution is -2.40. The summed E-state index contributed by atoms with van der Waals surface area (Å²) in [6, 6.07) is 0.522. The number of rotatable bonds is 6. The lowest BCUT2D eigenvalue weighted by atomic mass is 10.2. The molecule has 1 unspecified atom stereocenters. The second-order valence-electron chi connectivity index (χ2n) is 3.36. The molecule has 0 aromatic carbocycles. The normalized spacial score (nSPS) is 13.5. The third-order valence-corrected chi connectivity index (χ3v) is 6.14. The first kappa shape index (κ1) is 14.6. The number of sulfonamides is 1. The van der Waals surface area contributed by atoms with Crippen molar-refractivity contribution < 1.29 is 18.3 Å². The molecule has 0 aliphatic rings. The highest BCUT2D eigenvalue weighted by atomic mass is 79.9. The Morgan fingerprint density at radius 2 is 2.29 bits per heavy atom. The predicted molar refractivity (Wildman–Crippen MR) is 68.7 cm³/mol. The summed E-state index contributed by atoms with van der Waals surface area (Å²) in [5, 5.41) is 10.5. The van der Waals surface area contributed by atoms with Gasteiger partial charge in [-0.15, -0.1) is 11.3 Å². The zero-order valence-corrected chi connectivity index (χ0v) is 12.2. The molecule has 0 aliphatic heterocycles. The van der Waals surface area contributed by atoms with Crippen molar-refractivity contribution in [3.8, 4) is 0 Å². The zero-order valence-electron chi connectivity index (χ0n) is 9.01. The number of carboxylic acids is 1. The third-order valence-electron chi connectivity index (χ3n) is 2.00. The van der Waals surface area contributed by atoms with Crippen LogP contribution in [0, 0.1) is 0 Å². The number of carboxylic acid groups (broad SMARTS) is 1. The van der Waals surface area contributed by atoms with Gasteiger partial charge in [0.15, 0.2) is 0 Å². The van der Waals surface area contributed by atoms with Crippen molar-refractivity contribution in [3.05, 3.63) is 15.9 Å². The van der Waals surface area contributed by atoms with Crippen LogP contribution >= 0.6 is 27.3 Å². The van der Waals surface area contributed by atoms with E-state index in [0.717, 1.165) is 11.3 Å². The maximum absolute atomic E-state index is 11.9. The molecule has 1 atom stereocenters. The van der Waals surface area contributed by atoms with Crippen LogP contribution in [0.5, 0.6) is 0 Å². The molecule has 0 amide bonds. The number of halogens is 1. The Bertz CT molecular complexity index is 497. The molecule has 0 bridgehead atoms. The Morgan fingerprint density at radius 1 is 1.65 bits per heavy atom. The molecule has 1 aromatic heterocycles. The van der Waals surface area contributed by atoms with Gasteiger partial charge in [0.2, 0.25) is 0 Å². The van der Waals surface area contributed by atoms with Crippen molar-refractivity contribution >= 4 is 43.3 Å². The number of aliphatic carboxylic acids is 1. The summed E-state index contributed by atoms with van der Waals surface area (Å²) in [5.74, 6) is -1.16. The van der Waals surface area contributed by atoms with Crippen LogP contribution in [0.15, 0.2) is 20.1 Å². The van der Waals surface area contributed by atoms with Gasteiger partial charge in [-0.3, -0.25) is 4.79 Å². The first-order chi connectivity index (χ1) is 7.88. The van der Waals surface area contributed by atoms with E-state index in [-0.39, 0.29) is 10.6 Å². The fraction of sp³-hybridized carbons (Fsp3) is 0.444. The van der Waals surface area contributed by atoms with Gasteiger partial charge in [0.1, 0.15) is 10.3 Å². The van der Waals surface area contributed by atoms with Gasteiger partial charge in [0, 0.05) is 4.47 Å². The van der Waals surface area contributed by atoms with Gasteiger partial charge in [-0.1, -0.05) is 13.3 Å². The fourth-order valence-corrected chi connectivity index (χ4v) is 4.81. The van der Waals surface area contributed by atoms with Crippen LogP contribution in [0.1, 0.15) is 19.8 Å². The molecular weight excluding hydrogens is 330 g/mol. The lowest BCUT2D eigenvalue weighted by Gasteiger charge is -2.13. The van der Waals surface area contributed by atoms with Gasteiger partial charge < -0.3 is 5.11 Å². The van der Waals surface area contributed by atoms with Crippen LogP contribution in [-0.4, -0.2) is 25.5 Å². The Hall–Kier alpha value is -0.440. The lowest BCUT2D eigenvalue weighted by molar-refractivity contribution is -0.139. The van der Waals surface area contributed by atoms with E-state index in [9.17, 15) is 13.2 Å². The Kier molecular flexibility index (Phi) is 5.11. The van der Waals surface area contributed by atoms with Gasteiger partial charge in [-0.2, -0.15) is 4.72 Å².